The van der Waals surface area contributed by atoms with Gasteiger partial charge in [-0.15, -0.1) is 0 Å². The number of nitrogens with one attached hydrogen (secondary N) is 1. The number of benzene rings is 1. The number of hydrogen-bond acceptors (Lipinski definition) is 4. The van der Waals surface area contributed by atoms with Crippen LogP contribution < -0.4 is 11.5 Å². The number of carbonyl (C=O) groups excluding carboxylic acids is 1. The van der Waals surface area contributed by atoms with Crippen LogP contribution in [-0.4, -0.2) is 20.9 Å². The van der Waals surface area contributed by atoms with Gasteiger partial charge in [0.15, 0.2) is 0 Å². The van der Waals surface area contributed by atoms with Gasteiger partial charge in [0.1, 0.15) is 17.2 Å². The summed E-state index contributed by atoms with van der Waals surface area (Å²) >= 11 is 0. The zero-order valence-corrected chi connectivity index (χ0v) is 11.4. The molecule has 6 nitrogen and oxygen atoms in total. The first-order valence-corrected chi connectivity index (χ1v) is 6.42. The molecule has 2 heterocycles. The predicted octanol–water partition coefficient (Wildman–Crippen LogP) is 1.54. The minimum absolute atomic E-state index is 0.0172. The molecule has 3 aromatic rings. The highest BCUT2D eigenvalue weighted by Crippen LogP contribution is 2.25. The highest BCUT2D eigenvalue weighted by atomic mass is 19.1. The summed E-state index contributed by atoms with van der Waals surface area (Å²) in [5.41, 5.74) is 13.0. The summed E-state index contributed by atoms with van der Waals surface area (Å²) in [7, 11) is 0. The maximum absolute atomic E-state index is 13.6. The second-order valence-electron chi connectivity index (χ2n) is 4.62. The molecule has 0 aliphatic rings. The van der Waals surface area contributed by atoms with Gasteiger partial charge in [0.05, 0.1) is 11.1 Å². The molecule has 0 radical (unpaired) electrons. The topological polar surface area (TPSA) is 111 Å². The molecule has 22 heavy (non-hydrogen) atoms. The molecule has 0 saturated heterocycles. The molecular weight excluding hydrogens is 285 g/mol. The van der Waals surface area contributed by atoms with Gasteiger partial charge in [-0.05, 0) is 29.8 Å². The molecule has 7 heteroatoms. The standard InChI is InChI=1S/C15H12FN5O/c16-9-5-10(14(18)22)13-12(6-9)20-15(21-13)11(7-17)8-1-3-19-4-2-8/h1-7H,17H2,(H2,18,22)(H,20,21). The van der Waals surface area contributed by atoms with Crippen molar-refractivity contribution < 1.29 is 9.18 Å². The highest BCUT2D eigenvalue weighted by Gasteiger charge is 2.16. The molecular formula is C15H12FN5O. The van der Waals surface area contributed by atoms with Crippen molar-refractivity contribution in [3.05, 3.63) is 65.6 Å². The van der Waals surface area contributed by atoms with Crippen LogP contribution in [0, 0.1) is 5.82 Å². The third kappa shape index (κ3) is 2.28. The molecule has 5 N–H and O–H groups in total. The van der Waals surface area contributed by atoms with E-state index in [9.17, 15) is 9.18 Å². The highest BCUT2D eigenvalue weighted by molar-refractivity contribution is 6.04. The van der Waals surface area contributed by atoms with Crippen LogP contribution >= 0.6 is 0 Å². The average Bonchev–Trinajstić information content (AvgIpc) is 2.91. The van der Waals surface area contributed by atoms with Crippen LogP contribution in [0.5, 0.6) is 0 Å². The number of imidazole rings is 1. The number of fused-ring (bicyclic) bond motifs is 1. The quantitative estimate of drug-likeness (QED) is 0.681. The monoisotopic (exact) mass is 297 g/mol. The number of aromatic nitrogens is 3. The van der Waals surface area contributed by atoms with Gasteiger partial charge in [0.25, 0.3) is 5.91 Å². The number of pyridine rings is 1. The number of nitrogens with zero attached hydrogens (tertiary/aromatic N) is 2. The Hall–Kier alpha value is -3.22. The van der Waals surface area contributed by atoms with Gasteiger partial charge in [-0.1, -0.05) is 0 Å². The molecule has 0 unspecified atom stereocenters. The first-order valence-electron chi connectivity index (χ1n) is 6.42. The summed E-state index contributed by atoms with van der Waals surface area (Å²) in [5.74, 6) is -0.903. The number of primary amides is 1. The summed E-state index contributed by atoms with van der Waals surface area (Å²) in [6.07, 6.45) is 4.62. The maximum Gasteiger partial charge on any atom is 0.251 e. The minimum atomic E-state index is -0.746. The van der Waals surface area contributed by atoms with E-state index in [-0.39, 0.29) is 5.56 Å². The molecule has 0 aliphatic heterocycles. The Kier molecular flexibility index (Phi) is 3.30. The SMILES string of the molecule is NC=C(c1ccncc1)c1nc2c(C(N)=O)cc(F)cc2[nH]1. The first-order chi connectivity index (χ1) is 10.6. The molecule has 1 amide bonds. The van der Waals surface area contributed by atoms with Gasteiger partial charge in [-0.3, -0.25) is 9.78 Å². The fraction of sp³-hybridized carbons (Fsp3) is 0. The Morgan fingerprint density at radius 1 is 1.27 bits per heavy atom. The number of carbonyl (C=O) groups is 1. The fourth-order valence-electron chi connectivity index (χ4n) is 2.24. The number of amides is 1. The van der Waals surface area contributed by atoms with Crippen LogP contribution in [-0.2, 0) is 0 Å². The van der Waals surface area contributed by atoms with E-state index in [1.807, 2.05) is 0 Å². The van der Waals surface area contributed by atoms with Gasteiger partial charge < -0.3 is 16.5 Å². The fourth-order valence-corrected chi connectivity index (χ4v) is 2.24. The average molecular weight is 297 g/mol. The van der Waals surface area contributed by atoms with Crippen molar-refractivity contribution in [3.8, 4) is 0 Å². The van der Waals surface area contributed by atoms with Crippen molar-refractivity contribution in [2.75, 3.05) is 0 Å². The Balaban J connectivity index is 2.20. The third-order valence-corrected chi connectivity index (χ3v) is 3.23. The number of hydrogen-bond donors (Lipinski definition) is 3. The largest absolute Gasteiger partial charge is 0.404 e. The predicted molar refractivity (Wildman–Crippen MR) is 80.1 cm³/mol. The Morgan fingerprint density at radius 2 is 2.00 bits per heavy atom. The molecule has 110 valence electrons. The van der Waals surface area contributed by atoms with Crippen molar-refractivity contribution in [2.45, 2.75) is 0 Å². The van der Waals surface area contributed by atoms with Crippen LogP contribution in [0.15, 0.2) is 42.9 Å². The molecule has 3 rings (SSSR count). The second-order valence-corrected chi connectivity index (χ2v) is 4.62. The minimum Gasteiger partial charge on any atom is -0.404 e. The van der Waals surface area contributed by atoms with E-state index >= 15 is 0 Å². The van der Waals surface area contributed by atoms with Crippen LogP contribution in [0.4, 0.5) is 4.39 Å². The first kappa shape index (κ1) is 13.7. The summed E-state index contributed by atoms with van der Waals surface area (Å²) < 4.78 is 13.6. The van der Waals surface area contributed by atoms with Crippen molar-refractivity contribution in [1.29, 1.82) is 0 Å². The zero-order valence-electron chi connectivity index (χ0n) is 11.4. The summed E-state index contributed by atoms with van der Waals surface area (Å²) in [4.78, 5) is 22.7. The van der Waals surface area contributed by atoms with Crippen molar-refractivity contribution in [3.63, 3.8) is 0 Å². The van der Waals surface area contributed by atoms with E-state index in [0.717, 1.165) is 11.6 Å². The van der Waals surface area contributed by atoms with E-state index < -0.39 is 11.7 Å². The third-order valence-electron chi connectivity index (χ3n) is 3.23. The van der Waals surface area contributed by atoms with Gasteiger partial charge in [-0.2, -0.15) is 0 Å². The van der Waals surface area contributed by atoms with Crippen LogP contribution in [0.2, 0.25) is 0 Å². The van der Waals surface area contributed by atoms with Gasteiger partial charge in [-0.25, -0.2) is 9.37 Å². The number of H-pyrrole nitrogens is 1. The van der Waals surface area contributed by atoms with E-state index in [2.05, 4.69) is 15.0 Å². The van der Waals surface area contributed by atoms with Gasteiger partial charge in [0, 0.05) is 24.2 Å². The molecule has 2 aromatic heterocycles. The van der Waals surface area contributed by atoms with Crippen LogP contribution in [0.1, 0.15) is 21.7 Å². The number of aromatic amines is 1. The molecule has 0 bridgehead atoms. The van der Waals surface area contributed by atoms with E-state index in [1.54, 1.807) is 24.5 Å². The number of nitrogens with two attached hydrogens (primary N) is 2. The molecule has 0 aliphatic carbocycles. The zero-order chi connectivity index (χ0) is 15.7. The Bertz CT molecular complexity index is 886. The van der Waals surface area contributed by atoms with E-state index in [0.29, 0.717) is 22.4 Å². The van der Waals surface area contributed by atoms with Gasteiger partial charge >= 0.3 is 0 Å². The van der Waals surface area contributed by atoms with E-state index in [4.69, 9.17) is 11.5 Å². The van der Waals surface area contributed by atoms with E-state index in [1.165, 1.54) is 12.3 Å². The lowest BCUT2D eigenvalue weighted by molar-refractivity contribution is 0.100. The lowest BCUT2D eigenvalue weighted by Crippen LogP contribution is -2.11. The van der Waals surface area contributed by atoms with Crippen molar-refractivity contribution in [1.82, 2.24) is 15.0 Å². The van der Waals surface area contributed by atoms with Crippen molar-refractivity contribution >= 4 is 22.5 Å². The normalized spacial score (nSPS) is 11.8. The summed E-state index contributed by atoms with van der Waals surface area (Å²) in [5, 5.41) is 0. The lowest BCUT2D eigenvalue weighted by Gasteiger charge is -2.02. The van der Waals surface area contributed by atoms with Crippen LogP contribution in [0.3, 0.4) is 0 Å². The number of halogens is 1. The Morgan fingerprint density at radius 3 is 2.64 bits per heavy atom. The van der Waals surface area contributed by atoms with Gasteiger partial charge in [0.2, 0.25) is 0 Å². The summed E-state index contributed by atoms with van der Waals surface area (Å²) in [6.45, 7) is 0. The van der Waals surface area contributed by atoms with Crippen molar-refractivity contribution in [2.24, 2.45) is 11.5 Å². The lowest BCUT2D eigenvalue weighted by atomic mass is 10.1. The Labute approximate surface area is 124 Å². The molecule has 0 fully saturated rings. The molecule has 0 atom stereocenters. The second kappa shape index (κ2) is 5.28. The van der Waals surface area contributed by atoms with Crippen LogP contribution in [0.25, 0.3) is 16.6 Å². The molecule has 0 saturated carbocycles. The maximum atomic E-state index is 13.6. The molecule has 1 aromatic carbocycles. The summed E-state index contributed by atoms with van der Waals surface area (Å²) in [6, 6.07) is 5.84. The number of rotatable bonds is 3. The smallest absolute Gasteiger partial charge is 0.251 e. The molecule has 0 spiro atoms.